The number of nitrogens with one attached hydrogen (secondary N) is 4. The molecule has 4 N–H and O–H groups in total. The van der Waals surface area contributed by atoms with E-state index in [9.17, 15) is 9.59 Å². The average molecular weight is 226 g/mol. The van der Waals surface area contributed by atoms with Gasteiger partial charge in [-0.15, -0.1) is 0 Å². The fraction of sp³-hybridized carbons (Fsp3) is 0. The fourth-order valence-corrected chi connectivity index (χ4v) is 0.916. The van der Waals surface area contributed by atoms with E-state index < -0.39 is 11.8 Å². The van der Waals surface area contributed by atoms with Gasteiger partial charge in [0, 0.05) is 0 Å². The Morgan fingerprint density at radius 2 is 1.60 bits per heavy atom. The number of amides is 2. The molecule has 0 aliphatic rings. The summed E-state index contributed by atoms with van der Waals surface area (Å²) in [5, 5.41) is 0. The highest BCUT2D eigenvalue weighted by Crippen LogP contribution is 2.02. The number of hydrazine groups is 2. The molecule has 0 bridgehead atoms. The SMILES string of the molecule is O=C(NNS)C(=O)NNc1ccccc1. The molecule has 0 saturated heterocycles. The summed E-state index contributed by atoms with van der Waals surface area (Å²) in [7, 11) is 0. The van der Waals surface area contributed by atoms with E-state index in [1.807, 2.05) is 11.5 Å². The number of para-hydroxylation sites is 1. The van der Waals surface area contributed by atoms with Crippen LogP contribution in [0, 0.1) is 0 Å². The first kappa shape index (κ1) is 11.3. The molecule has 1 aromatic carbocycles. The van der Waals surface area contributed by atoms with Crippen molar-refractivity contribution in [3.8, 4) is 0 Å². The molecule has 0 unspecified atom stereocenters. The molecule has 0 fully saturated rings. The summed E-state index contributed by atoms with van der Waals surface area (Å²) < 4.78 is 0. The maximum absolute atomic E-state index is 11.0. The predicted octanol–water partition coefficient (Wildman–Crippen LogP) is -0.405. The highest BCUT2D eigenvalue weighted by molar-refractivity contribution is 7.78. The van der Waals surface area contributed by atoms with E-state index in [1.54, 1.807) is 24.3 Å². The summed E-state index contributed by atoms with van der Waals surface area (Å²) in [6.07, 6.45) is 0. The number of thiol groups is 1. The van der Waals surface area contributed by atoms with Crippen LogP contribution in [-0.4, -0.2) is 11.8 Å². The van der Waals surface area contributed by atoms with Gasteiger partial charge in [-0.05, 0) is 12.1 Å². The topological polar surface area (TPSA) is 82.3 Å². The van der Waals surface area contributed by atoms with Crippen LogP contribution in [0.1, 0.15) is 0 Å². The molecule has 0 aliphatic carbocycles. The second-order valence-electron chi connectivity index (χ2n) is 2.51. The van der Waals surface area contributed by atoms with Crippen molar-refractivity contribution in [1.82, 2.24) is 15.7 Å². The van der Waals surface area contributed by atoms with Crippen molar-refractivity contribution in [2.45, 2.75) is 0 Å². The van der Waals surface area contributed by atoms with Gasteiger partial charge in [0.05, 0.1) is 5.69 Å². The number of carbonyl (C=O) groups excluding carboxylic acids is 2. The summed E-state index contributed by atoms with van der Waals surface area (Å²) >= 11 is 3.51. The van der Waals surface area contributed by atoms with E-state index in [0.717, 1.165) is 0 Å². The third kappa shape index (κ3) is 3.88. The van der Waals surface area contributed by atoms with Crippen LogP contribution in [0.25, 0.3) is 0 Å². The quantitative estimate of drug-likeness (QED) is 0.276. The van der Waals surface area contributed by atoms with Crippen molar-refractivity contribution in [3.63, 3.8) is 0 Å². The van der Waals surface area contributed by atoms with Crippen LogP contribution < -0.4 is 21.1 Å². The van der Waals surface area contributed by atoms with Gasteiger partial charge in [0.2, 0.25) is 0 Å². The highest BCUT2D eigenvalue weighted by Gasteiger charge is 2.11. The van der Waals surface area contributed by atoms with Gasteiger partial charge < -0.3 is 0 Å². The molecule has 0 heterocycles. The van der Waals surface area contributed by atoms with Crippen LogP contribution in [0.4, 0.5) is 5.69 Å². The lowest BCUT2D eigenvalue weighted by Gasteiger charge is -2.07. The predicted molar refractivity (Wildman–Crippen MR) is 58.5 cm³/mol. The Morgan fingerprint density at radius 3 is 2.20 bits per heavy atom. The molecule has 0 radical (unpaired) electrons. The minimum atomic E-state index is -0.839. The molecule has 2 amide bonds. The van der Waals surface area contributed by atoms with E-state index in [4.69, 9.17) is 0 Å². The molecule has 0 aliphatic heterocycles. The molecule has 0 saturated carbocycles. The summed E-state index contributed by atoms with van der Waals surface area (Å²) in [5.41, 5.74) is 7.46. The zero-order valence-corrected chi connectivity index (χ0v) is 8.54. The van der Waals surface area contributed by atoms with Crippen LogP contribution >= 0.6 is 12.8 Å². The molecule has 0 atom stereocenters. The molecule has 1 rings (SSSR count). The molecule has 1 aromatic rings. The van der Waals surface area contributed by atoms with E-state index >= 15 is 0 Å². The van der Waals surface area contributed by atoms with Gasteiger partial charge in [-0.1, -0.05) is 31.0 Å². The number of benzene rings is 1. The molecular formula is C8H10N4O2S. The van der Waals surface area contributed by atoms with Crippen LogP contribution in [0.3, 0.4) is 0 Å². The second-order valence-corrected chi connectivity index (χ2v) is 2.73. The third-order valence-corrected chi connectivity index (χ3v) is 1.58. The van der Waals surface area contributed by atoms with Crippen molar-refractivity contribution >= 4 is 30.3 Å². The van der Waals surface area contributed by atoms with Crippen LogP contribution in [-0.2, 0) is 9.59 Å². The van der Waals surface area contributed by atoms with Crippen LogP contribution in [0.5, 0.6) is 0 Å². The standard InChI is InChI=1S/C8H10N4O2S/c13-7(8(14)11-12-15)10-9-6-4-2-1-3-5-6/h1-5,9,12,15H,(H,10,13)(H,11,14). The van der Waals surface area contributed by atoms with E-state index in [-0.39, 0.29) is 0 Å². The third-order valence-electron chi connectivity index (χ3n) is 1.47. The zero-order chi connectivity index (χ0) is 11.1. The van der Waals surface area contributed by atoms with Crippen molar-refractivity contribution in [1.29, 1.82) is 0 Å². The van der Waals surface area contributed by atoms with E-state index in [0.29, 0.717) is 5.69 Å². The minimum Gasteiger partial charge on any atom is -0.298 e. The smallest absolute Gasteiger partial charge is 0.298 e. The first-order chi connectivity index (χ1) is 7.24. The van der Waals surface area contributed by atoms with Gasteiger partial charge in [0.25, 0.3) is 0 Å². The number of hydrogen-bond acceptors (Lipinski definition) is 5. The molecule has 7 heteroatoms. The van der Waals surface area contributed by atoms with Gasteiger partial charge in [0.15, 0.2) is 0 Å². The lowest BCUT2D eigenvalue weighted by atomic mass is 10.3. The maximum atomic E-state index is 11.0. The van der Waals surface area contributed by atoms with Crippen molar-refractivity contribution in [3.05, 3.63) is 30.3 Å². The van der Waals surface area contributed by atoms with Crippen LogP contribution in [0.2, 0.25) is 0 Å². The fourth-order valence-electron chi connectivity index (χ4n) is 0.815. The van der Waals surface area contributed by atoms with Crippen molar-refractivity contribution in [2.75, 3.05) is 5.43 Å². The number of hydrogen-bond donors (Lipinski definition) is 5. The van der Waals surface area contributed by atoms with E-state index in [2.05, 4.69) is 28.5 Å². The Labute approximate surface area is 91.9 Å². The second kappa shape index (κ2) is 5.89. The number of carbonyl (C=O) groups is 2. The summed E-state index contributed by atoms with van der Waals surface area (Å²) in [5.74, 6) is -1.66. The maximum Gasteiger partial charge on any atom is 0.329 e. The summed E-state index contributed by atoms with van der Waals surface area (Å²) in [4.78, 5) is 24.0. The summed E-state index contributed by atoms with van der Waals surface area (Å²) in [6.45, 7) is 0. The van der Waals surface area contributed by atoms with E-state index in [1.165, 1.54) is 0 Å². The normalized spacial score (nSPS) is 9.13. The minimum absolute atomic E-state index is 0.678. The molecule has 15 heavy (non-hydrogen) atoms. The Balaban J connectivity index is 2.38. The average Bonchev–Trinajstić information content (AvgIpc) is 2.27. The summed E-state index contributed by atoms with van der Waals surface area (Å²) in [6, 6.07) is 8.92. The zero-order valence-electron chi connectivity index (χ0n) is 7.65. The molecule has 80 valence electrons. The van der Waals surface area contributed by atoms with Crippen molar-refractivity contribution < 1.29 is 9.59 Å². The Morgan fingerprint density at radius 1 is 1.00 bits per heavy atom. The molecule has 0 aromatic heterocycles. The lowest BCUT2D eigenvalue weighted by molar-refractivity contribution is -0.139. The Kier molecular flexibility index (Phi) is 4.45. The van der Waals surface area contributed by atoms with Gasteiger partial charge in [-0.2, -0.15) is 4.83 Å². The monoisotopic (exact) mass is 226 g/mol. The van der Waals surface area contributed by atoms with Gasteiger partial charge in [-0.3, -0.25) is 25.9 Å². The Hall–Kier alpha value is -1.73. The van der Waals surface area contributed by atoms with Gasteiger partial charge in [-0.25, -0.2) is 0 Å². The highest BCUT2D eigenvalue weighted by atomic mass is 32.1. The van der Waals surface area contributed by atoms with Gasteiger partial charge in [0.1, 0.15) is 0 Å². The number of anilines is 1. The largest absolute Gasteiger partial charge is 0.329 e. The number of rotatable bonds is 3. The Bertz CT molecular complexity index is 344. The molecule has 6 nitrogen and oxygen atoms in total. The first-order valence-electron chi connectivity index (χ1n) is 4.04. The van der Waals surface area contributed by atoms with Crippen LogP contribution in [0.15, 0.2) is 30.3 Å². The molecular weight excluding hydrogens is 216 g/mol. The molecule has 0 spiro atoms. The first-order valence-corrected chi connectivity index (χ1v) is 4.49. The van der Waals surface area contributed by atoms with Gasteiger partial charge >= 0.3 is 11.8 Å². The van der Waals surface area contributed by atoms with Crippen molar-refractivity contribution in [2.24, 2.45) is 0 Å². The lowest BCUT2D eigenvalue weighted by Crippen LogP contribution is -2.45.